The molecule has 0 saturated carbocycles. The molecule has 3 N–H and O–H groups in total. The first-order valence-corrected chi connectivity index (χ1v) is 5.89. The summed E-state index contributed by atoms with van der Waals surface area (Å²) in [6.45, 7) is 3.25. The van der Waals surface area contributed by atoms with Gasteiger partial charge in [-0.2, -0.15) is 0 Å². The molecule has 6 heteroatoms. The number of hydrogen-bond acceptors (Lipinski definition) is 4. The zero-order chi connectivity index (χ0) is 13.7. The normalized spacial score (nSPS) is 11.5. The number of benzene rings is 1. The molecule has 6 nitrogen and oxygen atoms in total. The number of nitrogens with two attached hydrogens (primary N) is 1. The number of imidazole rings is 1. The van der Waals surface area contributed by atoms with Gasteiger partial charge in [0, 0.05) is 18.0 Å². The molecule has 0 atom stereocenters. The van der Waals surface area contributed by atoms with Gasteiger partial charge < -0.3 is 20.2 Å². The highest BCUT2D eigenvalue weighted by molar-refractivity contribution is 5.97. The van der Waals surface area contributed by atoms with E-state index in [0.717, 1.165) is 18.1 Å². The van der Waals surface area contributed by atoms with E-state index in [9.17, 15) is 0 Å². The maximum Gasteiger partial charge on any atom is 0.170 e. The summed E-state index contributed by atoms with van der Waals surface area (Å²) in [6, 6.07) is 7.06. The van der Waals surface area contributed by atoms with Crippen molar-refractivity contribution in [3.8, 4) is 5.75 Å². The average Bonchev–Trinajstić information content (AvgIpc) is 2.84. The number of ether oxygens (including phenoxy) is 1. The minimum absolute atomic E-state index is 0.0839. The zero-order valence-electron chi connectivity index (χ0n) is 10.7. The lowest BCUT2D eigenvalue weighted by molar-refractivity contribution is 0.297. The Morgan fingerprint density at radius 1 is 1.42 bits per heavy atom. The molecular formula is C13H16N4O2. The number of aryl methyl sites for hydroxylation is 1. The first-order valence-electron chi connectivity index (χ1n) is 5.89. The molecule has 100 valence electrons. The van der Waals surface area contributed by atoms with Gasteiger partial charge in [-0.1, -0.05) is 5.16 Å². The smallest absolute Gasteiger partial charge is 0.170 e. The minimum atomic E-state index is 0.0839. The van der Waals surface area contributed by atoms with Crippen molar-refractivity contribution in [3.05, 3.63) is 48.0 Å². The molecule has 0 aliphatic rings. The van der Waals surface area contributed by atoms with Crippen LogP contribution in [0.5, 0.6) is 5.75 Å². The molecule has 0 amide bonds. The third-order valence-corrected chi connectivity index (χ3v) is 2.78. The quantitative estimate of drug-likeness (QED) is 0.368. The topological polar surface area (TPSA) is 85.7 Å². The van der Waals surface area contributed by atoms with E-state index in [4.69, 9.17) is 15.7 Å². The first kappa shape index (κ1) is 12.9. The Labute approximate surface area is 111 Å². The summed E-state index contributed by atoms with van der Waals surface area (Å²) in [4.78, 5) is 4.14. The molecule has 2 aromatic rings. The van der Waals surface area contributed by atoms with E-state index < -0.39 is 0 Å². The number of rotatable bonds is 5. The average molecular weight is 260 g/mol. The van der Waals surface area contributed by atoms with Crippen LogP contribution < -0.4 is 10.5 Å². The maximum absolute atomic E-state index is 8.55. The zero-order valence-corrected chi connectivity index (χ0v) is 10.7. The standard InChI is InChI=1S/C13H16N4O2/c1-10-15-6-7-17(10)8-9-19-12-4-2-11(3-5-12)13(14)16-18/h2-7,18H,8-9H2,1H3,(H2,14,16). The van der Waals surface area contributed by atoms with Crippen LogP contribution in [0, 0.1) is 6.92 Å². The highest BCUT2D eigenvalue weighted by Gasteiger charge is 2.00. The van der Waals surface area contributed by atoms with Gasteiger partial charge in [0.25, 0.3) is 0 Å². The largest absolute Gasteiger partial charge is 0.492 e. The van der Waals surface area contributed by atoms with Crippen LogP contribution in [0.25, 0.3) is 0 Å². The van der Waals surface area contributed by atoms with Gasteiger partial charge in [-0.25, -0.2) is 4.98 Å². The Bertz CT molecular complexity index is 560. The third-order valence-electron chi connectivity index (χ3n) is 2.78. The highest BCUT2D eigenvalue weighted by atomic mass is 16.5. The summed E-state index contributed by atoms with van der Waals surface area (Å²) in [5, 5.41) is 11.5. The van der Waals surface area contributed by atoms with Crippen molar-refractivity contribution >= 4 is 5.84 Å². The Hall–Kier alpha value is -2.50. The van der Waals surface area contributed by atoms with Gasteiger partial charge in [-0.15, -0.1) is 0 Å². The summed E-state index contributed by atoms with van der Waals surface area (Å²) >= 11 is 0. The van der Waals surface area contributed by atoms with Crippen LogP contribution in [0.1, 0.15) is 11.4 Å². The third kappa shape index (κ3) is 3.25. The van der Waals surface area contributed by atoms with Crippen molar-refractivity contribution < 1.29 is 9.94 Å². The fourth-order valence-corrected chi connectivity index (χ4v) is 1.68. The van der Waals surface area contributed by atoms with Crippen molar-refractivity contribution in [3.63, 3.8) is 0 Å². The molecule has 1 aromatic carbocycles. The van der Waals surface area contributed by atoms with Crippen molar-refractivity contribution in [1.82, 2.24) is 9.55 Å². The summed E-state index contributed by atoms with van der Waals surface area (Å²) in [5.74, 6) is 1.79. The Balaban J connectivity index is 1.88. The monoisotopic (exact) mass is 260 g/mol. The van der Waals surface area contributed by atoms with Crippen LogP contribution in [-0.2, 0) is 6.54 Å². The van der Waals surface area contributed by atoms with Gasteiger partial charge in [0.05, 0.1) is 6.54 Å². The minimum Gasteiger partial charge on any atom is -0.492 e. The molecule has 0 aliphatic heterocycles. The Kier molecular flexibility index (Phi) is 4.02. The highest BCUT2D eigenvalue weighted by Crippen LogP contribution is 2.12. The van der Waals surface area contributed by atoms with E-state index in [2.05, 4.69) is 10.1 Å². The fourth-order valence-electron chi connectivity index (χ4n) is 1.68. The molecule has 2 rings (SSSR count). The van der Waals surface area contributed by atoms with Crippen molar-refractivity contribution in [2.75, 3.05) is 6.61 Å². The van der Waals surface area contributed by atoms with Crippen LogP contribution in [0.2, 0.25) is 0 Å². The Morgan fingerprint density at radius 2 is 2.16 bits per heavy atom. The molecule has 0 bridgehead atoms. The molecule has 0 fully saturated rings. The lowest BCUT2D eigenvalue weighted by Crippen LogP contribution is -2.13. The molecule has 1 heterocycles. The second-order valence-electron chi connectivity index (χ2n) is 4.03. The first-order chi connectivity index (χ1) is 9.20. The van der Waals surface area contributed by atoms with E-state index >= 15 is 0 Å². The van der Waals surface area contributed by atoms with Crippen molar-refractivity contribution in [2.24, 2.45) is 10.9 Å². The van der Waals surface area contributed by atoms with Crippen LogP contribution >= 0.6 is 0 Å². The predicted molar refractivity (Wildman–Crippen MR) is 71.4 cm³/mol. The van der Waals surface area contributed by atoms with Gasteiger partial charge in [-0.05, 0) is 31.2 Å². The number of aromatic nitrogens is 2. The molecule has 0 radical (unpaired) electrons. The second-order valence-corrected chi connectivity index (χ2v) is 4.03. The van der Waals surface area contributed by atoms with Gasteiger partial charge in [0.2, 0.25) is 0 Å². The Morgan fingerprint density at radius 3 is 2.74 bits per heavy atom. The number of nitrogens with zero attached hydrogens (tertiary/aromatic N) is 3. The van der Waals surface area contributed by atoms with Crippen molar-refractivity contribution in [1.29, 1.82) is 0 Å². The summed E-state index contributed by atoms with van der Waals surface area (Å²) in [7, 11) is 0. The lowest BCUT2D eigenvalue weighted by Gasteiger charge is -2.08. The van der Waals surface area contributed by atoms with E-state index in [0.29, 0.717) is 12.2 Å². The summed E-state index contributed by atoms with van der Waals surface area (Å²) in [6.07, 6.45) is 3.68. The molecule has 19 heavy (non-hydrogen) atoms. The second kappa shape index (κ2) is 5.90. The van der Waals surface area contributed by atoms with E-state index in [1.54, 1.807) is 30.5 Å². The molecule has 0 aliphatic carbocycles. The molecular weight excluding hydrogens is 244 g/mol. The van der Waals surface area contributed by atoms with Crippen LogP contribution in [0.4, 0.5) is 0 Å². The summed E-state index contributed by atoms with van der Waals surface area (Å²) < 4.78 is 7.63. The maximum atomic E-state index is 8.55. The molecule has 0 spiro atoms. The van der Waals surface area contributed by atoms with Crippen LogP contribution in [-0.4, -0.2) is 27.2 Å². The predicted octanol–water partition coefficient (Wildman–Crippen LogP) is 1.37. The van der Waals surface area contributed by atoms with Gasteiger partial charge in [0.1, 0.15) is 18.2 Å². The molecule has 1 aromatic heterocycles. The van der Waals surface area contributed by atoms with Gasteiger partial charge in [0.15, 0.2) is 5.84 Å². The number of hydrogen-bond donors (Lipinski definition) is 2. The van der Waals surface area contributed by atoms with Crippen LogP contribution in [0.3, 0.4) is 0 Å². The molecule has 0 saturated heterocycles. The van der Waals surface area contributed by atoms with Crippen LogP contribution in [0.15, 0.2) is 41.8 Å². The van der Waals surface area contributed by atoms with Gasteiger partial charge >= 0.3 is 0 Å². The number of amidine groups is 1. The van der Waals surface area contributed by atoms with E-state index in [1.165, 1.54) is 0 Å². The molecule has 0 unspecified atom stereocenters. The fraction of sp³-hybridized carbons (Fsp3) is 0.231. The lowest BCUT2D eigenvalue weighted by atomic mass is 10.2. The summed E-state index contributed by atoms with van der Waals surface area (Å²) in [5.41, 5.74) is 6.13. The van der Waals surface area contributed by atoms with E-state index in [1.807, 2.05) is 17.7 Å². The van der Waals surface area contributed by atoms with E-state index in [-0.39, 0.29) is 5.84 Å². The van der Waals surface area contributed by atoms with Crippen molar-refractivity contribution in [2.45, 2.75) is 13.5 Å². The van der Waals surface area contributed by atoms with Gasteiger partial charge in [-0.3, -0.25) is 0 Å². The SMILES string of the molecule is Cc1nccn1CCOc1ccc(/C(N)=N/O)cc1. The number of oxime groups is 1.